The number of hydrogen-bond acceptors (Lipinski definition) is 6. The van der Waals surface area contributed by atoms with Crippen molar-refractivity contribution in [3.8, 4) is 17.2 Å². The van der Waals surface area contributed by atoms with Crippen LogP contribution in [0.3, 0.4) is 0 Å². The van der Waals surface area contributed by atoms with Crippen molar-refractivity contribution in [1.82, 2.24) is 9.97 Å². The van der Waals surface area contributed by atoms with Crippen LogP contribution in [0, 0.1) is 0 Å². The lowest BCUT2D eigenvalue weighted by molar-refractivity contribution is -0.117. The summed E-state index contributed by atoms with van der Waals surface area (Å²) in [4.78, 5) is 39.7. The Bertz CT molecular complexity index is 991. The summed E-state index contributed by atoms with van der Waals surface area (Å²) in [6.45, 7) is 1.66. The Hall–Kier alpha value is -2.67. The average Bonchev–Trinajstić information content (AvgIpc) is 2.48. The molecule has 7 nitrogen and oxygen atoms in total. The van der Waals surface area contributed by atoms with Crippen LogP contribution in [0.1, 0.15) is 13.3 Å². The molecular formula is C15H11ClN2O5. The highest BCUT2D eigenvalue weighted by molar-refractivity contribution is 6.36. The molecule has 1 aromatic rings. The molecule has 2 heterocycles. The SMILES string of the molecule is CC(=O)CCOc1ccc2cc3c(=O)[nH]c(=O)nc-3oc2c1Cl. The topological polar surface area (TPSA) is 102 Å². The highest BCUT2D eigenvalue weighted by Crippen LogP contribution is 2.35. The van der Waals surface area contributed by atoms with Crippen molar-refractivity contribution >= 4 is 28.4 Å². The van der Waals surface area contributed by atoms with Crippen molar-refractivity contribution in [1.29, 1.82) is 0 Å². The third-order valence-corrected chi connectivity index (χ3v) is 3.56. The highest BCUT2D eigenvalue weighted by atomic mass is 35.5. The van der Waals surface area contributed by atoms with Gasteiger partial charge in [-0.1, -0.05) is 11.6 Å². The molecule has 0 bridgehead atoms. The Morgan fingerprint density at radius 1 is 1.39 bits per heavy atom. The molecule has 1 aromatic carbocycles. The second-order valence-corrected chi connectivity index (χ2v) is 5.31. The number of rotatable bonds is 4. The lowest BCUT2D eigenvalue weighted by atomic mass is 10.1. The number of nitrogens with zero attached hydrogens (tertiary/aromatic N) is 1. The average molecular weight is 335 g/mol. The van der Waals surface area contributed by atoms with Crippen molar-refractivity contribution in [2.75, 3.05) is 6.61 Å². The molecule has 0 saturated heterocycles. The number of ether oxygens (including phenoxy) is 1. The molecule has 3 rings (SSSR count). The van der Waals surface area contributed by atoms with Crippen LogP contribution in [0.25, 0.3) is 22.4 Å². The minimum Gasteiger partial charge on any atom is -0.491 e. The number of Topliss-reactive ketones (excluding diaryl/α,β-unsaturated/α-hetero) is 1. The van der Waals surface area contributed by atoms with Crippen molar-refractivity contribution < 1.29 is 13.9 Å². The van der Waals surface area contributed by atoms with E-state index in [0.29, 0.717) is 11.1 Å². The molecule has 0 fully saturated rings. The quantitative estimate of drug-likeness (QED) is 0.732. The molecular weight excluding hydrogens is 324 g/mol. The maximum absolute atomic E-state index is 11.8. The predicted octanol–water partition coefficient (Wildman–Crippen LogP) is 1.99. The second-order valence-electron chi connectivity index (χ2n) is 4.93. The maximum Gasteiger partial charge on any atom is 0.351 e. The van der Waals surface area contributed by atoms with Crippen LogP contribution < -0.4 is 16.0 Å². The summed E-state index contributed by atoms with van der Waals surface area (Å²) >= 11 is 6.24. The normalized spacial score (nSPS) is 11.0. The van der Waals surface area contributed by atoms with Crippen LogP contribution in [0.15, 0.2) is 32.2 Å². The van der Waals surface area contributed by atoms with Crippen LogP contribution in [-0.4, -0.2) is 22.4 Å². The predicted molar refractivity (Wildman–Crippen MR) is 83.3 cm³/mol. The van der Waals surface area contributed by atoms with E-state index in [4.69, 9.17) is 20.8 Å². The molecule has 0 aromatic heterocycles. The molecule has 2 aliphatic rings. The number of ketones is 1. The first kappa shape index (κ1) is 15.2. The van der Waals surface area contributed by atoms with Crippen LogP contribution in [0.2, 0.25) is 5.02 Å². The monoisotopic (exact) mass is 334 g/mol. The number of benzene rings is 1. The standard InChI is InChI=1S/C15H11ClN2O5/c1-7(19)4-5-22-10-3-2-8-6-9-13(20)17-15(21)18-14(9)23-12(8)11(10)16/h2-3,6H,4-5H2,1H3,(H,17,20,21). The fourth-order valence-corrected chi connectivity index (χ4v) is 2.35. The fourth-order valence-electron chi connectivity index (χ4n) is 2.09. The van der Waals surface area contributed by atoms with Crippen molar-refractivity contribution in [2.24, 2.45) is 0 Å². The van der Waals surface area contributed by atoms with Crippen LogP contribution in [-0.2, 0) is 4.79 Å². The van der Waals surface area contributed by atoms with E-state index in [0.717, 1.165) is 0 Å². The van der Waals surface area contributed by atoms with Gasteiger partial charge in [0.15, 0.2) is 5.58 Å². The number of carbonyl (C=O) groups is 1. The highest BCUT2D eigenvalue weighted by Gasteiger charge is 2.17. The summed E-state index contributed by atoms with van der Waals surface area (Å²) in [5.74, 6) is 0.244. The van der Waals surface area contributed by atoms with E-state index in [1.165, 1.54) is 13.0 Å². The molecule has 0 atom stereocenters. The van der Waals surface area contributed by atoms with Gasteiger partial charge >= 0.3 is 5.69 Å². The van der Waals surface area contributed by atoms with E-state index in [-0.39, 0.29) is 40.9 Å². The van der Waals surface area contributed by atoms with Gasteiger partial charge in [-0.05, 0) is 25.1 Å². The molecule has 0 aliphatic carbocycles. The summed E-state index contributed by atoms with van der Waals surface area (Å²) < 4.78 is 10.9. The van der Waals surface area contributed by atoms with Crippen LogP contribution >= 0.6 is 11.6 Å². The maximum atomic E-state index is 11.8. The smallest absolute Gasteiger partial charge is 0.351 e. The molecule has 2 aliphatic heterocycles. The zero-order valence-electron chi connectivity index (χ0n) is 12.0. The molecule has 23 heavy (non-hydrogen) atoms. The molecule has 0 amide bonds. The van der Waals surface area contributed by atoms with Crippen LogP contribution in [0.4, 0.5) is 0 Å². The van der Waals surface area contributed by atoms with E-state index < -0.39 is 11.2 Å². The summed E-state index contributed by atoms with van der Waals surface area (Å²) in [7, 11) is 0. The Balaban J connectivity index is 2.12. The molecule has 1 N–H and O–H groups in total. The van der Waals surface area contributed by atoms with E-state index in [9.17, 15) is 14.4 Å². The summed E-state index contributed by atoms with van der Waals surface area (Å²) in [6, 6.07) is 4.82. The zero-order chi connectivity index (χ0) is 16.6. The zero-order valence-corrected chi connectivity index (χ0v) is 12.8. The Morgan fingerprint density at radius 2 is 2.17 bits per heavy atom. The first-order chi connectivity index (χ1) is 11.0. The van der Waals surface area contributed by atoms with Gasteiger partial charge in [0, 0.05) is 11.8 Å². The number of H-pyrrole nitrogens is 1. The van der Waals surface area contributed by atoms with Gasteiger partial charge in [-0.15, -0.1) is 0 Å². The molecule has 0 radical (unpaired) electrons. The third-order valence-electron chi connectivity index (χ3n) is 3.20. The first-order valence-corrected chi connectivity index (χ1v) is 7.12. The largest absolute Gasteiger partial charge is 0.491 e. The second kappa shape index (κ2) is 5.85. The van der Waals surface area contributed by atoms with Gasteiger partial charge in [0.1, 0.15) is 22.1 Å². The van der Waals surface area contributed by atoms with Gasteiger partial charge in [0.05, 0.1) is 6.61 Å². The number of halogens is 1. The molecule has 0 unspecified atom stereocenters. The lowest BCUT2D eigenvalue weighted by Crippen LogP contribution is -2.24. The Labute approximate surface area is 134 Å². The number of aromatic nitrogens is 2. The summed E-state index contributed by atoms with van der Waals surface area (Å²) in [5, 5.41) is 0.745. The van der Waals surface area contributed by atoms with Crippen molar-refractivity contribution in [3.63, 3.8) is 0 Å². The number of hydrogen-bond donors (Lipinski definition) is 1. The van der Waals surface area contributed by atoms with Crippen molar-refractivity contribution in [2.45, 2.75) is 13.3 Å². The van der Waals surface area contributed by atoms with E-state index in [1.54, 1.807) is 12.1 Å². The number of carbonyl (C=O) groups excluding carboxylic acids is 1. The van der Waals surface area contributed by atoms with E-state index in [2.05, 4.69) is 9.97 Å². The Morgan fingerprint density at radius 3 is 2.91 bits per heavy atom. The minimum atomic E-state index is -0.796. The van der Waals surface area contributed by atoms with Crippen LogP contribution in [0.5, 0.6) is 5.75 Å². The number of aromatic amines is 1. The third kappa shape index (κ3) is 2.95. The fraction of sp³-hybridized carbons (Fsp3) is 0.200. The Kier molecular flexibility index (Phi) is 3.87. The van der Waals surface area contributed by atoms with Gasteiger partial charge < -0.3 is 9.15 Å². The molecule has 118 valence electrons. The van der Waals surface area contributed by atoms with Crippen molar-refractivity contribution in [3.05, 3.63) is 44.1 Å². The van der Waals surface area contributed by atoms with E-state index >= 15 is 0 Å². The molecule has 0 saturated carbocycles. The van der Waals surface area contributed by atoms with Gasteiger partial charge in [0.25, 0.3) is 5.56 Å². The van der Waals surface area contributed by atoms with Gasteiger partial charge in [-0.2, -0.15) is 4.98 Å². The summed E-state index contributed by atoms with van der Waals surface area (Å²) in [5.41, 5.74) is -0.977. The first-order valence-electron chi connectivity index (χ1n) is 6.74. The van der Waals surface area contributed by atoms with Gasteiger partial charge in [0.2, 0.25) is 5.89 Å². The number of nitrogens with one attached hydrogen (secondary N) is 1. The lowest BCUT2D eigenvalue weighted by Gasteiger charge is -2.10. The molecule has 8 heteroatoms. The van der Waals surface area contributed by atoms with Gasteiger partial charge in [-0.3, -0.25) is 14.6 Å². The summed E-state index contributed by atoms with van der Waals surface area (Å²) in [6.07, 6.45) is 0.264. The van der Waals surface area contributed by atoms with Gasteiger partial charge in [-0.25, -0.2) is 4.79 Å². The number of fused-ring (bicyclic) bond motifs is 2. The van der Waals surface area contributed by atoms with E-state index in [1.807, 2.05) is 0 Å². The minimum absolute atomic E-state index is 0.00370. The molecule has 0 spiro atoms.